The number of hydrogen-bond donors (Lipinski definition) is 1. The first-order valence-corrected chi connectivity index (χ1v) is 7.81. The lowest BCUT2D eigenvalue weighted by molar-refractivity contribution is 1.12. The largest absolute Gasteiger partial charge is 0.380 e. The van der Waals surface area contributed by atoms with Gasteiger partial charge in [0.2, 0.25) is 0 Å². The zero-order chi connectivity index (χ0) is 14.4. The molecule has 0 bridgehead atoms. The second kappa shape index (κ2) is 7.20. The summed E-state index contributed by atoms with van der Waals surface area (Å²) in [5.74, 6) is 0.933. The first-order chi connectivity index (χ1) is 9.69. The molecule has 0 saturated carbocycles. The topological polar surface area (TPSA) is 12.0 Å². The Morgan fingerprint density at radius 3 is 2.50 bits per heavy atom. The fourth-order valence-corrected chi connectivity index (χ4v) is 3.02. The van der Waals surface area contributed by atoms with Crippen LogP contribution in [0.25, 0.3) is 0 Å². The summed E-state index contributed by atoms with van der Waals surface area (Å²) in [7, 11) is 0. The minimum atomic E-state index is 0.855. The van der Waals surface area contributed by atoms with Gasteiger partial charge >= 0.3 is 0 Å². The zero-order valence-electron chi connectivity index (χ0n) is 12.1. The SMILES string of the molecule is C=CCSc1ccccc1NCc1cc(C)cc(C)c1. The lowest BCUT2D eigenvalue weighted by Crippen LogP contribution is -2.01. The van der Waals surface area contributed by atoms with Gasteiger partial charge in [0.1, 0.15) is 0 Å². The Hall–Kier alpha value is -1.67. The third-order valence-corrected chi connectivity index (χ3v) is 4.08. The highest BCUT2D eigenvalue weighted by atomic mass is 32.2. The summed E-state index contributed by atoms with van der Waals surface area (Å²) in [6.45, 7) is 8.92. The summed E-state index contributed by atoms with van der Waals surface area (Å²) in [5, 5.41) is 3.54. The molecule has 0 saturated heterocycles. The van der Waals surface area contributed by atoms with Crippen LogP contribution in [0.4, 0.5) is 5.69 Å². The summed E-state index contributed by atoms with van der Waals surface area (Å²) in [6, 6.07) is 15.1. The van der Waals surface area contributed by atoms with Crippen LogP contribution < -0.4 is 5.32 Å². The van der Waals surface area contributed by atoms with Gasteiger partial charge in [0, 0.05) is 22.9 Å². The van der Waals surface area contributed by atoms with Gasteiger partial charge in [-0.15, -0.1) is 18.3 Å². The molecule has 1 N–H and O–H groups in total. The second-order valence-electron chi connectivity index (χ2n) is 4.95. The average Bonchev–Trinajstić information content (AvgIpc) is 2.43. The van der Waals surface area contributed by atoms with Gasteiger partial charge in [-0.05, 0) is 31.5 Å². The standard InChI is InChI=1S/C18H21NS/c1-4-9-20-18-8-6-5-7-17(18)19-13-16-11-14(2)10-15(3)12-16/h4-8,10-12,19H,1,9,13H2,2-3H3. The molecule has 0 spiro atoms. The number of aryl methyl sites for hydroxylation is 2. The Bertz CT molecular complexity index is 569. The molecule has 2 rings (SSSR count). The first kappa shape index (κ1) is 14.7. The van der Waals surface area contributed by atoms with Crippen molar-refractivity contribution < 1.29 is 0 Å². The average molecular weight is 283 g/mol. The van der Waals surface area contributed by atoms with Crippen molar-refractivity contribution >= 4 is 17.4 Å². The Labute approximate surface area is 126 Å². The number of para-hydroxylation sites is 1. The van der Waals surface area contributed by atoms with E-state index >= 15 is 0 Å². The third-order valence-electron chi connectivity index (χ3n) is 3.01. The van der Waals surface area contributed by atoms with Crippen molar-refractivity contribution in [2.24, 2.45) is 0 Å². The minimum Gasteiger partial charge on any atom is -0.380 e. The van der Waals surface area contributed by atoms with Crippen LogP contribution in [0.1, 0.15) is 16.7 Å². The molecule has 0 amide bonds. The summed E-state index contributed by atoms with van der Waals surface area (Å²) >= 11 is 1.81. The monoisotopic (exact) mass is 283 g/mol. The second-order valence-corrected chi connectivity index (χ2v) is 6.01. The van der Waals surface area contributed by atoms with Gasteiger partial charge in [-0.2, -0.15) is 0 Å². The van der Waals surface area contributed by atoms with E-state index in [1.807, 2.05) is 17.8 Å². The Balaban J connectivity index is 2.08. The molecule has 2 aromatic carbocycles. The van der Waals surface area contributed by atoms with E-state index in [9.17, 15) is 0 Å². The molecule has 2 aromatic rings. The van der Waals surface area contributed by atoms with Gasteiger partial charge in [0.15, 0.2) is 0 Å². The predicted octanol–water partition coefficient (Wildman–Crippen LogP) is 5.19. The smallest absolute Gasteiger partial charge is 0.0481 e. The fraction of sp³-hybridized carbons (Fsp3) is 0.222. The van der Waals surface area contributed by atoms with Gasteiger partial charge in [0.25, 0.3) is 0 Å². The van der Waals surface area contributed by atoms with Gasteiger partial charge in [-0.25, -0.2) is 0 Å². The van der Waals surface area contributed by atoms with Gasteiger partial charge in [0.05, 0.1) is 0 Å². The summed E-state index contributed by atoms with van der Waals surface area (Å²) < 4.78 is 0. The molecule has 0 unspecified atom stereocenters. The van der Waals surface area contributed by atoms with Gasteiger partial charge < -0.3 is 5.32 Å². The van der Waals surface area contributed by atoms with Gasteiger partial charge in [-0.1, -0.05) is 47.5 Å². The van der Waals surface area contributed by atoms with Crippen LogP contribution in [-0.4, -0.2) is 5.75 Å². The summed E-state index contributed by atoms with van der Waals surface area (Å²) in [5.41, 5.74) is 5.15. The van der Waals surface area contributed by atoms with Crippen molar-refractivity contribution in [2.75, 3.05) is 11.1 Å². The van der Waals surface area contributed by atoms with Crippen molar-refractivity contribution in [2.45, 2.75) is 25.3 Å². The number of thioether (sulfide) groups is 1. The van der Waals surface area contributed by atoms with Crippen molar-refractivity contribution in [1.29, 1.82) is 0 Å². The summed E-state index contributed by atoms with van der Waals surface area (Å²) in [6.07, 6.45) is 1.94. The highest BCUT2D eigenvalue weighted by molar-refractivity contribution is 7.99. The van der Waals surface area contributed by atoms with Crippen LogP contribution in [-0.2, 0) is 6.54 Å². The first-order valence-electron chi connectivity index (χ1n) is 6.83. The van der Waals surface area contributed by atoms with E-state index in [-0.39, 0.29) is 0 Å². The zero-order valence-corrected chi connectivity index (χ0v) is 13.0. The van der Waals surface area contributed by atoms with Crippen LogP contribution in [0, 0.1) is 13.8 Å². The molecule has 104 valence electrons. The van der Waals surface area contributed by atoms with E-state index in [2.05, 4.69) is 68.2 Å². The van der Waals surface area contributed by atoms with Crippen molar-refractivity contribution in [1.82, 2.24) is 0 Å². The van der Waals surface area contributed by atoms with Crippen LogP contribution in [0.2, 0.25) is 0 Å². The lowest BCUT2D eigenvalue weighted by atomic mass is 10.1. The molecule has 0 heterocycles. The number of hydrogen-bond acceptors (Lipinski definition) is 2. The van der Waals surface area contributed by atoms with Crippen LogP contribution in [0.3, 0.4) is 0 Å². The fourth-order valence-electron chi connectivity index (χ4n) is 2.26. The number of rotatable bonds is 6. The molecular formula is C18H21NS. The highest BCUT2D eigenvalue weighted by Crippen LogP contribution is 2.27. The molecule has 20 heavy (non-hydrogen) atoms. The Morgan fingerprint density at radius 1 is 1.10 bits per heavy atom. The van der Waals surface area contributed by atoms with Crippen LogP contribution >= 0.6 is 11.8 Å². The molecule has 0 aliphatic rings. The molecule has 0 atom stereocenters. The van der Waals surface area contributed by atoms with E-state index in [0.717, 1.165) is 12.3 Å². The van der Waals surface area contributed by atoms with E-state index in [1.165, 1.54) is 27.3 Å². The van der Waals surface area contributed by atoms with Gasteiger partial charge in [-0.3, -0.25) is 0 Å². The van der Waals surface area contributed by atoms with Crippen molar-refractivity contribution in [3.63, 3.8) is 0 Å². The molecule has 0 aliphatic carbocycles. The number of benzene rings is 2. The molecule has 0 aromatic heterocycles. The molecule has 0 aliphatic heterocycles. The molecule has 1 nitrogen and oxygen atoms in total. The maximum atomic E-state index is 3.78. The van der Waals surface area contributed by atoms with Crippen LogP contribution in [0.15, 0.2) is 60.0 Å². The van der Waals surface area contributed by atoms with Crippen LogP contribution in [0.5, 0.6) is 0 Å². The van der Waals surface area contributed by atoms with E-state index in [0.29, 0.717) is 0 Å². The number of anilines is 1. The maximum absolute atomic E-state index is 3.78. The molecule has 2 heteroatoms. The van der Waals surface area contributed by atoms with Crippen molar-refractivity contribution in [3.8, 4) is 0 Å². The quantitative estimate of drug-likeness (QED) is 0.578. The number of nitrogens with one attached hydrogen (secondary N) is 1. The molecular weight excluding hydrogens is 262 g/mol. The predicted molar refractivity (Wildman–Crippen MR) is 90.6 cm³/mol. The van der Waals surface area contributed by atoms with Crippen molar-refractivity contribution in [3.05, 3.63) is 71.8 Å². The molecule has 0 fully saturated rings. The van der Waals surface area contributed by atoms with E-state index in [1.54, 1.807) is 0 Å². The van der Waals surface area contributed by atoms with E-state index in [4.69, 9.17) is 0 Å². The summed E-state index contributed by atoms with van der Waals surface area (Å²) in [4.78, 5) is 1.27. The highest BCUT2D eigenvalue weighted by Gasteiger charge is 2.02. The minimum absolute atomic E-state index is 0.855. The van der Waals surface area contributed by atoms with E-state index < -0.39 is 0 Å². The lowest BCUT2D eigenvalue weighted by Gasteiger charge is -2.12. The Kier molecular flexibility index (Phi) is 5.31. The maximum Gasteiger partial charge on any atom is 0.0481 e. The molecule has 0 radical (unpaired) electrons. The third kappa shape index (κ3) is 4.17. The normalized spacial score (nSPS) is 10.3. The Morgan fingerprint density at radius 2 is 1.80 bits per heavy atom.